The van der Waals surface area contributed by atoms with Gasteiger partial charge in [0, 0.05) is 6.54 Å². The van der Waals surface area contributed by atoms with Gasteiger partial charge in [0.25, 0.3) is 0 Å². The van der Waals surface area contributed by atoms with Gasteiger partial charge in [0.05, 0.1) is 12.3 Å². The third-order valence-electron chi connectivity index (χ3n) is 2.61. The van der Waals surface area contributed by atoms with Crippen molar-refractivity contribution in [3.05, 3.63) is 35.4 Å². The molecule has 0 fully saturated rings. The highest BCUT2D eigenvalue weighted by molar-refractivity contribution is 7.88. The maximum atomic E-state index is 12.7. The molecule has 1 rings (SSSR count). The molecule has 0 atom stereocenters. The van der Waals surface area contributed by atoms with Crippen LogP contribution in [0.15, 0.2) is 24.3 Å². The summed E-state index contributed by atoms with van der Waals surface area (Å²) in [6.45, 7) is -1.02. The molecule has 120 valence electrons. The molecule has 9 heteroatoms. The van der Waals surface area contributed by atoms with E-state index in [4.69, 9.17) is 0 Å². The first-order valence-corrected chi connectivity index (χ1v) is 7.67. The molecule has 0 bridgehead atoms. The van der Waals surface area contributed by atoms with Gasteiger partial charge in [-0.15, -0.1) is 0 Å². The number of rotatable bonds is 8. The molecule has 0 aliphatic carbocycles. The molecule has 0 spiro atoms. The van der Waals surface area contributed by atoms with Crippen molar-refractivity contribution in [3.8, 4) is 0 Å². The molecule has 0 aromatic heterocycles. The van der Waals surface area contributed by atoms with Gasteiger partial charge in [0.2, 0.25) is 10.0 Å². The third-order valence-corrected chi connectivity index (χ3v) is 3.91. The third kappa shape index (κ3) is 5.98. The zero-order valence-corrected chi connectivity index (χ0v) is 12.1. The summed E-state index contributed by atoms with van der Waals surface area (Å²) in [7, 11) is -2.35. The van der Waals surface area contributed by atoms with E-state index in [0.717, 1.165) is 5.56 Å². The predicted octanol–water partition coefficient (Wildman–Crippen LogP) is 1.73. The van der Waals surface area contributed by atoms with E-state index in [1.165, 1.54) is 16.9 Å². The van der Waals surface area contributed by atoms with Crippen molar-refractivity contribution in [2.75, 3.05) is 13.6 Å². The number of nitrogens with one attached hydrogen (secondary N) is 2. The van der Waals surface area contributed by atoms with Gasteiger partial charge < -0.3 is 5.32 Å². The highest BCUT2D eigenvalue weighted by Gasteiger charge is 2.41. The van der Waals surface area contributed by atoms with Crippen LogP contribution in [0.3, 0.4) is 0 Å². The first-order chi connectivity index (χ1) is 9.66. The quantitative estimate of drug-likeness (QED) is 0.715. The number of sulfonamides is 1. The molecule has 0 aliphatic heterocycles. The fraction of sp³-hybridized carbons (Fsp3) is 0.500. The van der Waals surface area contributed by atoms with Gasteiger partial charge in [-0.2, -0.15) is 8.78 Å². The summed E-state index contributed by atoms with van der Waals surface area (Å²) >= 11 is 0. The predicted molar refractivity (Wildman–Crippen MR) is 70.8 cm³/mol. The van der Waals surface area contributed by atoms with Gasteiger partial charge in [0.1, 0.15) is 0 Å². The molecular weight excluding hydrogens is 312 g/mol. The number of hydrogen-bond acceptors (Lipinski definition) is 3. The van der Waals surface area contributed by atoms with Crippen molar-refractivity contribution in [1.29, 1.82) is 0 Å². The Morgan fingerprint density at radius 1 is 1.14 bits per heavy atom. The Bertz CT molecular complexity index is 547. The lowest BCUT2D eigenvalue weighted by atomic mass is 10.1. The zero-order chi connectivity index (χ0) is 16.1. The van der Waals surface area contributed by atoms with E-state index in [-0.39, 0.29) is 0 Å². The van der Waals surface area contributed by atoms with Gasteiger partial charge in [-0.1, -0.05) is 24.3 Å². The maximum absolute atomic E-state index is 12.7. The molecule has 0 amide bonds. The van der Waals surface area contributed by atoms with E-state index < -0.39 is 34.7 Å². The van der Waals surface area contributed by atoms with Crippen LogP contribution in [-0.2, 0) is 22.3 Å². The molecule has 2 N–H and O–H groups in total. The maximum Gasteiger partial charge on any atom is 0.320 e. The first-order valence-electron chi connectivity index (χ1n) is 6.02. The molecule has 0 unspecified atom stereocenters. The van der Waals surface area contributed by atoms with Crippen LogP contribution in [0.25, 0.3) is 0 Å². The van der Waals surface area contributed by atoms with Gasteiger partial charge in [0.15, 0.2) is 0 Å². The van der Waals surface area contributed by atoms with Crippen molar-refractivity contribution in [1.82, 2.24) is 10.0 Å². The smallest absolute Gasteiger partial charge is 0.316 e. The molecule has 0 radical (unpaired) electrons. The van der Waals surface area contributed by atoms with Gasteiger partial charge in [-0.05, 0) is 18.2 Å². The van der Waals surface area contributed by atoms with E-state index in [9.17, 15) is 26.0 Å². The lowest BCUT2D eigenvalue weighted by molar-refractivity contribution is -0.122. The van der Waals surface area contributed by atoms with Crippen molar-refractivity contribution in [2.24, 2.45) is 0 Å². The van der Waals surface area contributed by atoms with Crippen LogP contribution in [0.1, 0.15) is 11.1 Å². The first kappa shape index (κ1) is 17.9. The second kappa shape index (κ2) is 7.19. The standard InChI is InChI=1S/C12H16F4N2O2S/c1-17-6-9-2-4-10(5-3-9)7-21(19,20)18-8-12(15,16)11(13)14/h2-5,11,17-18H,6-8H2,1H3. The molecule has 0 saturated heterocycles. The van der Waals surface area contributed by atoms with Crippen LogP contribution in [0, 0.1) is 0 Å². The molecule has 0 heterocycles. The van der Waals surface area contributed by atoms with E-state index in [0.29, 0.717) is 12.1 Å². The van der Waals surface area contributed by atoms with Crippen LogP contribution in [0.5, 0.6) is 0 Å². The second-order valence-corrected chi connectivity index (χ2v) is 6.30. The van der Waals surface area contributed by atoms with Gasteiger partial charge >= 0.3 is 12.3 Å². The Morgan fingerprint density at radius 3 is 2.14 bits per heavy atom. The normalized spacial score (nSPS) is 12.9. The lowest BCUT2D eigenvalue weighted by Gasteiger charge is -2.16. The molecule has 1 aromatic carbocycles. The Morgan fingerprint density at radius 2 is 1.67 bits per heavy atom. The largest absolute Gasteiger partial charge is 0.320 e. The van der Waals surface area contributed by atoms with Crippen molar-refractivity contribution >= 4 is 10.0 Å². The Balaban J connectivity index is 2.64. The van der Waals surface area contributed by atoms with Crippen molar-refractivity contribution in [3.63, 3.8) is 0 Å². The highest BCUT2D eigenvalue weighted by Crippen LogP contribution is 2.22. The van der Waals surface area contributed by atoms with E-state index in [1.807, 2.05) is 0 Å². The van der Waals surface area contributed by atoms with Gasteiger partial charge in [-0.3, -0.25) is 0 Å². The molecule has 4 nitrogen and oxygen atoms in total. The zero-order valence-electron chi connectivity index (χ0n) is 11.2. The monoisotopic (exact) mass is 328 g/mol. The van der Waals surface area contributed by atoms with Crippen LogP contribution < -0.4 is 10.0 Å². The van der Waals surface area contributed by atoms with E-state index in [1.54, 1.807) is 19.2 Å². The summed E-state index contributed by atoms with van der Waals surface area (Å²) in [6, 6.07) is 6.46. The fourth-order valence-corrected chi connectivity index (χ4v) is 2.66. The Labute approximate surface area is 120 Å². The fourth-order valence-electron chi connectivity index (χ4n) is 1.51. The second-order valence-electron chi connectivity index (χ2n) is 4.49. The Hall–Kier alpha value is -1.19. The number of halogens is 4. The van der Waals surface area contributed by atoms with Gasteiger partial charge in [-0.25, -0.2) is 21.9 Å². The van der Waals surface area contributed by atoms with Crippen molar-refractivity contribution < 1.29 is 26.0 Å². The summed E-state index contributed by atoms with van der Waals surface area (Å²) in [6.07, 6.45) is -3.92. The minimum atomic E-state index is -4.39. The van der Waals surface area contributed by atoms with Crippen LogP contribution >= 0.6 is 0 Å². The summed E-state index contributed by atoms with van der Waals surface area (Å²) < 4.78 is 73.9. The van der Waals surface area contributed by atoms with Crippen LogP contribution in [0.4, 0.5) is 17.6 Å². The summed E-state index contributed by atoms with van der Waals surface area (Å²) in [5.74, 6) is -4.93. The topological polar surface area (TPSA) is 58.2 Å². The molecular formula is C12H16F4N2O2S. The number of benzene rings is 1. The average Bonchev–Trinajstić information content (AvgIpc) is 2.39. The minimum Gasteiger partial charge on any atom is -0.316 e. The van der Waals surface area contributed by atoms with E-state index in [2.05, 4.69) is 5.32 Å². The molecule has 0 saturated carbocycles. The number of alkyl halides is 4. The SMILES string of the molecule is CNCc1ccc(CS(=O)(=O)NCC(F)(F)C(F)F)cc1. The minimum absolute atomic E-state index is 0.378. The highest BCUT2D eigenvalue weighted by atomic mass is 32.2. The summed E-state index contributed by atoms with van der Waals surface area (Å²) in [5.41, 5.74) is 1.30. The van der Waals surface area contributed by atoms with E-state index >= 15 is 0 Å². The van der Waals surface area contributed by atoms with Crippen molar-refractivity contribution in [2.45, 2.75) is 24.6 Å². The summed E-state index contributed by atoms with van der Waals surface area (Å²) in [5, 5.41) is 2.91. The molecule has 21 heavy (non-hydrogen) atoms. The van der Waals surface area contributed by atoms with Crippen LogP contribution in [-0.4, -0.2) is 34.4 Å². The Kier molecular flexibility index (Phi) is 6.11. The number of hydrogen-bond donors (Lipinski definition) is 2. The van der Waals surface area contributed by atoms with Crippen LogP contribution in [0.2, 0.25) is 0 Å². The average molecular weight is 328 g/mol. The molecule has 1 aromatic rings. The lowest BCUT2D eigenvalue weighted by Crippen LogP contribution is -2.41. The molecule has 0 aliphatic rings. The summed E-state index contributed by atoms with van der Waals surface area (Å²) in [4.78, 5) is 0.